The standard InChI is InChI=1S/C23H19FN2O3S/c1-16-7-5-6-10-20(16)21-26-23(30(27,28)19-13-11-18(24)12-14-19)22(29-21)25-15-17-8-3-2-4-9-17/h2-14,25H,15H2,1H3. The largest absolute Gasteiger partial charge is 0.419 e. The van der Waals surface area contributed by atoms with Crippen LogP contribution in [-0.4, -0.2) is 13.4 Å². The second-order valence-electron chi connectivity index (χ2n) is 6.76. The van der Waals surface area contributed by atoms with Gasteiger partial charge in [-0.05, 0) is 48.4 Å². The third kappa shape index (κ3) is 3.97. The molecule has 1 heterocycles. The topological polar surface area (TPSA) is 72.2 Å². The molecule has 0 atom stereocenters. The van der Waals surface area contributed by atoms with Gasteiger partial charge in [0.25, 0.3) is 0 Å². The van der Waals surface area contributed by atoms with Crippen LogP contribution in [0.1, 0.15) is 11.1 Å². The summed E-state index contributed by atoms with van der Waals surface area (Å²) >= 11 is 0. The van der Waals surface area contributed by atoms with Crippen molar-refractivity contribution < 1.29 is 17.2 Å². The van der Waals surface area contributed by atoms with E-state index in [2.05, 4.69) is 10.3 Å². The third-order valence-corrected chi connectivity index (χ3v) is 6.32. The van der Waals surface area contributed by atoms with Crippen LogP contribution in [0.5, 0.6) is 0 Å². The van der Waals surface area contributed by atoms with Crippen LogP contribution in [0.3, 0.4) is 0 Å². The van der Waals surface area contributed by atoms with E-state index in [1.54, 1.807) is 0 Å². The predicted octanol–water partition coefficient (Wildman–Crippen LogP) is 5.23. The summed E-state index contributed by atoms with van der Waals surface area (Å²) in [5.74, 6) is -0.275. The lowest BCUT2D eigenvalue weighted by Gasteiger charge is -2.06. The van der Waals surface area contributed by atoms with Crippen molar-refractivity contribution in [2.75, 3.05) is 5.32 Å². The van der Waals surface area contributed by atoms with Crippen molar-refractivity contribution in [2.45, 2.75) is 23.4 Å². The zero-order valence-electron chi connectivity index (χ0n) is 16.2. The molecule has 0 spiro atoms. The van der Waals surface area contributed by atoms with Gasteiger partial charge in [-0.1, -0.05) is 48.5 Å². The van der Waals surface area contributed by atoms with Gasteiger partial charge in [-0.15, -0.1) is 0 Å². The minimum atomic E-state index is -4.02. The Morgan fingerprint density at radius 1 is 0.933 bits per heavy atom. The van der Waals surface area contributed by atoms with Gasteiger partial charge in [-0.2, -0.15) is 4.98 Å². The normalized spacial score (nSPS) is 11.4. The number of hydrogen-bond donors (Lipinski definition) is 1. The summed E-state index contributed by atoms with van der Waals surface area (Å²) in [6.07, 6.45) is 0. The monoisotopic (exact) mass is 422 g/mol. The molecule has 7 heteroatoms. The Labute approximate surface area is 174 Å². The van der Waals surface area contributed by atoms with E-state index in [9.17, 15) is 12.8 Å². The predicted molar refractivity (Wildman–Crippen MR) is 112 cm³/mol. The number of aryl methyl sites for hydroxylation is 1. The molecule has 0 amide bonds. The molecule has 0 fully saturated rings. The highest BCUT2D eigenvalue weighted by molar-refractivity contribution is 7.91. The molecule has 0 saturated heterocycles. The second kappa shape index (κ2) is 8.12. The molecule has 0 aliphatic rings. The molecule has 1 aromatic heterocycles. The van der Waals surface area contributed by atoms with Gasteiger partial charge in [0.05, 0.1) is 4.90 Å². The van der Waals surface area contributed by atoms with E-state index < -0.39 is 15.7 Å². The lowest BCUT2D eigenvalue weighted by molar-refractivity contribution is 0.576. The highest BCUT2D eigenvalue weighted by atomic mass is 32.2. The van der Waals surface area contributed by atoms with Crippen molar-refractivity contribution in [3.63, 3.8) is 0 Å². The number of sulfone groups is 1. The van der Waals surface area contributed by atoms with E-state index in [1.807, 2.05) is 61.5 Å². The average molecular weight is 422 g/mol. The van der Waals surface area contributed by atoms with Gasteiger partial charge in [0, 0.05) is 12.1 Å². The Morgan fingerprint density at radius 2 is 1.60 bits per heavy atom. The van der Waals surface area contributed by atoms with Crippen LogP contribution in [0.4, 0.5) is 10.3 Å². The Kier molecular flexibility index (Phi) is 5.37. The molecule has 4 aromatic rings. The van der Waals surface area contributed by atoms with E-state index in [0.29, 0.717) is 12.1 Å². The first-order valence-electron chi connectivity index (χ1n) is 9.30. The number of hydrogen-bond acceptors (Lipinski definition) is 5. The van der Waals surface area contributed by atoms with E-state index in [0.717, 1.165) is 23.3 Å². The van der Waals surface area contributed by atoms with Gasteiger partial charge in [-0.3, -0.25) is 0 Å². The molecule has 5 nitrogen and oxygen atoms in total. The first-order valence-corrected chi connectivity index (χ1v) is 10.8. The van der Waals surface area contributed by atoms with Crippen molar-refractivity contribution in [3.05, 3.63) is 95.8 Å². The van der Waals surface area contributed by atoms with Gasteiger partial charge in [-0.25, -0.2) is 12.8 Å². The van der Waals surface area contributed by atoms with Gasteiger partial charge < -0.3 is 9.73 Å². The van der Waals surface area contributed by atoms with E-state index in [-0.39, 0.29) is 21.7 Å². The first kappa shape index (κ1) is 19.8. The fourth-order valence-electron chi connectivity index (χ4n) is 3.03. The molecular formula is C23H19FN2O3S. The summed E-state index contributed by atoms with van der Waals surface area (Å²) < 4.78 is 45.6. The number of anilines is 1. The van der Waals surface area contributed by atoms with E-state index >= 15 is 0 Å². The van der Waals surface area contributed by atoms with Crippen molar-refractivity contribution in [1.82, 2.24) is 4.98 Å². The maximum Gasteiger partial charge on any atom is 0.234 e. The molecule has 152 valence electrons. The van der Waals surface area contributed by atoms with E-state index in [4.69, 9.17) is 4.42 Å². The fraction of sp³-hybridized carbons (Fsp3) is 0.0870. The summed E-state index contributed by atoms with van der Waals surface area (Å²) in [7, 11) is -4.02. The maximum atomic E-state index is 13.3. The van der Waals surface area contributed by atoms with Crippen molar-refractivity contribution >= 4 is 15.7 Å². The highest BCUT2D eigenvalue weighted by Crippen LogP contribution is 2.33. The molecule has 0 saturated carbocycles. The smallest absolute Gasteiger partial charge is 0.234 e. The Balaban J connectivity index is 1.79. The van der Waals surface area contributed by atoms with Gasteiger partial charge >= 0.3 is 0 Å². The Morgan fingerprint density at radius 3 is 2.30 bits per heavy atom. The quantitative estimate of drug-likeness (QED) is 0.431. The van der Waals surface area contributed by atoms with Crippen LogP contribution in [-0.2, 0) is 16.4 Å². The van der Waals surface area contributed by atoms with Crippen LogP contribution in [0.25, 0.3) is 11.5 Å². The summed E-state index contributed by atoms with van der Waals surface area (Å²) in [4.78, 5) is 4.25. The Bertz CT molecular complexity index is 1270. The van der Waals surface area contributed by atoms with Crippen molar-refractivity contribution in [3.8, 4) is 11.5 Å². The van der Waals surface area contributed by atoms with Crippen molar-refractivity contribution in [2.24, 2.45) is 0 Å². The third-order valence-electron chi connectivity index (χ3n) is 4.65. The number of nitrogens with zero attached hydrogens (tertiary/aromatic N) is 1. The lowest BCUT2D eigenvalue weighted by Crippen LogP contribution is -2.07. The van der Waals surface area contributed by atoms with Crippen molar-refractivity contribution in [1.29, 1.82) is 0 Å². The minimum Gasteiger partial charge on any atom is -0.419 e. The first-order chi connectivity index (χ1) is 14.4. The van der Waals surface area contributed by atoms with Gasteiger partial charge in [0.15, 0.2) is 0 Å². The zero-order valence-corrected chi connectivity index (χ0v) is 17.0. The number of oxazole rings is 1. The Hall–Kier alpha value is -3.45. The SMILES string of the molecule is Cc1ccccc1-c1nc(S(=O)(=O)c2ccc(F)cc2)c(NCc2ccccc2)o1. The van der Waals surface area contributed by atoms with Crippen LogP contribution in [0.2, 0.25) is 0 Å². The van der Waals surface area contributed by atoms with Gasteiger partial charge in [0.2, 0.25) is 26.6 Å². The summed E-state index contributed by atoms with van der Waals surface area (Å²) in [6.45, 7) is 2.25. The molecular weight excluding hydrogens is 403 g/mol. The molecule has 30 heavy (non-hydrogen) atoms. The highest BCUT2D eigenvalue weighted by Gasteiger charge is 2.29. The summed E-state index contributed by atoms with van der Waals surface area (Å²) in [5.41, 5.74) is 2.55. The van der Waals surface area contributed by atoms with Crippen LogP contribution in [0.15, 0.2) is 93.2 Å². The van der Waals surface area contributed by atoms with E-state index in [1.165, 1.54) is 12.1 Å². The molecule has 0 aliphatic heterocycles. The van der Waals surface area contributed by atoms with Crippen LogP contribution >= 0.6 is 0 Å². The molecule has 0 radical (unpaired) electrons. The van der Waals surface area contributed by atoms with Gasteiger partial charge in [0.1, 0.15) is 5.82 Å². The zero-order chi connectivity index (χ0) is 21.1. The molecule has 0 aliphatic carbocycles. The molecule has 1 N–H and O–H groups in total. The number of halogens is 1. The summed E-state index contributed by atoms with van der Waals surface area (Å²) in [6, 6.07) is 21.6. The lowest BCUT2D eigenvalue weighted by atomic mass is 10.1. The molecule has 0 unspecified atom stereocenters. The molecule has 3 aromatic carbocycles. The number of rotatable bonds is 6. The maximum absolute atomic E-state index is 13.3. The number of benzene rings is 3. The summed E-state index contributed by atoms with van der Waals surface area (Å²) in [5, 5.41) is 2.81. The molecule has 0 bridgehead atoms. The fourth-order valence-corrected chi connectivity index (χ4v) is 4.31. The second-order valence-corrected chi connectivity index (χ2v) is 8.63. The number of aromatic nitrogens is 1. The minimum absolute atomic E-state index is 0.0430. The van der Waals surface area contributed by atoms with Crippen LogP contribution < -0.4 is 5.32 Å². The number of nitrogens with one attached hydrogen (secondary N) is 1. The molecule has 4 rings (SSSR count). The van der Waals surface area contributed by atoms with Crippen LogP contribution in [0, 0.1) is 12.7 Å². The average Bonchev–Trinajstić information content (AvgIpc) is 3.18.